The SMILES string of the molecule is C[C@@H]([NH2+]CC[NH+]1CC[NH2+]CC1)c1cc(C(C)(C)C)cc2c1CCC2(C)C. The zero-order valence-electron chi connectivity index (χ0n) is 18.0. The lowest BCUT2D eigenvalue weighted by molar-refractivity contribution is -0.956. The molecule has 3 nitrogen and oxygen atoms in total. The van der Waals surface area contributed by atoms with Crippen molar-refractivity contribution in [2.24, 2.45) is 0 Å². The Balaban J connectivity index is 1.76. The van der Waals surface area contributed by atoms with E-state index in [1.54, 1.807) is 21.6 Å². The quantitative estimate of drug-likeness (QED) is 0.676. The van der Waals surface area contributed by atoms with Gasteiger partial charge in [-0.15, -0.1) is 0 Å². The standard InChI is InChI=1S/C23H39N3/c1-17(25-11-14-26-12-9-24-10-13-26)20-15-18(22(2,3)4)16-21-19(20)7-8-23(21,5)6/h15-17,24-25H,7-14H2,1-6H3/p+3/t17-/m1/s1. The van der Waals surface area contributed by atoms with Crippen molar-refractivity contribution in [3.63, 3.8) is 0 Å². The molecular formula is C23H42N3+3. The van der Waals surface area contributed by atoms with Crippen LogP contribution in [0.15, 0.2) is 12.1 Å². The topological polar surface area (TPSA) is 37.7 Å². The zero-order chi connectivity index (χ0) is 18.9. The fourth-order valence-corrected chi connectivity index (χ4v) is 4.78. The van der Waals surface area contributed by atoms with Gasteiger partial charge in [-0.1, -0.05) is 40.7 Å². The van der Waals surface area contributed by atoms with E-state index in [0.29, 0.717) is 11.5 Å². The minimum atomic E-state index is 0.219. The molecule has 1 aliphatic heterocycles. The van der Waals surface area contributed by atoms with E-state index in [0.717, 1.165) is 0 Å². The highest BCUT2D eigenvalue weighted by atomic mass is 15.2. The van der Waals surface area contributed by atoms with Crippen LogP contribution in [0.1, 0.15) is 76.3 Å². The molecule has 5 N–H and O–H groups in total. The van der Waals surface area contributed by atoms with Gasteiger partial charge in [-0.2, -0.15) is 0 Å². The van der Waals surface area contributed by atoms with Gasteiger partial charge in [-0.05, 0) is 53.4 Å². The predicted octanol–water partition coefficient (Wildman–Crippen LogP) is 0.294. The Morgan fingerprint density at radius 1 is 1.19 bits per heavy atom. The molecule has 0 aromatic heterocycles. The van der Waals surface area contributed by atoms with Gasteiger partial charge in [0.25, 0.3) is 0 Å². The summed E-state index contributed by atoms with van der Waals surface area (Å²) in [5, 5.41) is 5.05. The molecule has 0 unspecified atom stereocenters. The molecular weight excluding hydrogens is 318 g/mol. The maximum Gasteiger partial charge on any atom is 0.127 e. The van der Waals surface area contributed by atoms with Gasteiger partial charge in [0.2, 0.25) is 0 Å². The van der Waals surface area contributed by atoms with Crippen molar-refractivity contribution in [3.8, 4) is 0 Å². The highest BCUT2D eigenvalue weighted by Gasteiger charge is 2.34. The van der Waals surface area contributed by atoms with E-state index < -0.39 is 0 Å². The van der Waals surface area contributed by atoms with E-state index in [-0.39, 0.29) is 5.41 Å². The van der Waals surface area contributed by atoms with Gasteiger partial charge < -0.3 is 15.5 Å². The van der Waals surface area contributed by atoms with Gasteiger partial charge in [0.1, 0.15) is 45.3 Å². The van der Waals surface area contributed by atoms with Crippen LogP contribution in [0.3, 0.4) is 0 Å². The summed E-state index contributed by atoms with van der Waals surface area (Å²) in [6, 6.07) is 5.62. The highest BCUT2D eigenvalue weighted by Crippen LogP contribution is 2.43. The summed E-state index contributed by atoms with van der Waals surface area (Å²) in [4.78, 5) is 1.80. The molecule has 146 valence electrons. The average molecular weight is 361 g/mol. The van der Waals surface area contributed by atoms with Crippen molar-refractivity contribution < 1.29 is 15.5 Å². The van der Waals surface area contributed by atoms with Crippen LogP contribution < -0.4 is 15.5 Å². The first-order chi connectivity index (χ1) is 12.2. The summed E-state index contributed by atoms with van der Waals surface area (Å²) in [6.07, 6.45) is 2.55. The second-order valence-electron chi connectivity index (χ2n) is 10.4. The van der Waals surface area contributed by atoms with Gasteiger partial charge in [0.15, 0.2) is 0 Å². The number of piperazine rings is 1. The molecule has 1 fully saturated rings. The van der Waals surface area contributed by atoms with Crippen LogP contribution >= 0.6 is 0 Å². The molecule has 3 rings (SSSR count). The number of rotatable bonds is 5. The first kappa shape index (κ1) is 19.9. The third kappa shape index (κ3) is 4.32. The lowest BCUT2D eigenvalue weighted by Crippen LogP contribution is -3.22. The number of hydrogen-bond donors (Lipinski definition) is 3. The largest absolute Gasteiger partial charge is 0.337 e. The smallest absolute Gasteiger partial charge is 0.127 e. The lowest BCUT2D eigenvalue weighted by atomic mass is 9.79. The van der Waals surface area contributed by atoms with Crippen LogP contribution in [0.2, 0.25) is 0 Å². The molecule has 3 heteroatoms. The molecule has 0 bridgehead atoms. The molecule has 0 amide bonds. The number of quaternary nitrogens is 3. The summed E-state index contributed by atoms with van der Waals surface area (Å²) in [5.74, 6) is 0. The van der Waals surface area contributed by atoms with Crippen molar-refractivity contribution in [2.75, 3.05) is 39.3 Å². The highest BCUT2D eigenvalue weighted by molar-refractivity contribution is 5.48. The third-order valence-corrected chi connectivity index (χ3v) is 6.79. The van der Waals surface area contributed by atoms with Crippen molar-refractivity contribution >= 4 is 0 Å². The Kier molecular flexibility index (Phi) is 5.81. The summed E-state index contributed by atoms with van der Waals surface area (Å²) in [7, 11) is 0. The normalized spacial score (nSPS) is 21.6. The van der Waals surface area contributed by atoms with Crippen LogP contribution in [-0.2, 0) is 17.3 Å². The molecule has 0 radical (unpaired) electrons. The zero-order valence-corrected chi connectivity index (χ0v) is 18.0. The number of benzene rings is 1. The molecule has 0 spiro atoms. The van der Waals surface area contributed by atoms with Crippen molar-refractivity contribution in [3.05, 3.63) is 34.4 Å². The molecule has 1 saturated heterocycles. The van der Waals surface area contributed by atoms with Crippen LogP contribution in [-0.4, -0.2) is 39.3 Å². The van der Waals surface area contributed by atoms with Crippen LogP contribution in [0.5, 0.6) is 0 Å². The number of nitrogens with two attached hydrogens (primary N) is 2. The Morgan fingerprint density at radius 2 is 1.88 bits per heavy atom. The van der Waals surface area contributed by atoms with Crippen LogP contribution in [0.25, 0.3) is 0 Å². The van der Waals surface area contributed by atoms with E-state index >= 15 is 0 Å². The summed E-state index contributed by atoms with van der Waals surface area (Å²) < 4.78 is 0. The fourth-order valence-electron chi connectivity index (χ4n) is 4.78. The summed E-state index contributed by atoms with van der Waals surface area (Å²) >= 11 is 0. The second kappa shape index (κ2) is 7.61. The molecule has 2 aliphatic rings. The summed E-state index contributed by atoms with van der Waals surface area (Å²) in [6.45, 7) is 22.2. The molecule has 1 atom stereocenters. The van der Waals surface area contributed by atoms with Gasteiger partial charge in [-0.25, -0.2) is 0 Å². The summed E-state index contributed by atoms with van der Waals surface area (Å²) in [5.41, 5.74) is 6.96. The molecule has 1 heterocycles. The molecule has 26 heavy (non-hydrogen) atoms. The van der Waals surface area contributed by atoms with Crippen molar-refractivity contribution in [1.29, 1.82) is 0 Å². The van der Waals surface area contributed by atoms with Crippen molar-refractivity contribution in [1.82, 2.24) is 0 Å². The second-order valence-corrected chi connectivity index (χ2v) is 10.4. The number of fused-ring (bicyclic) bond motifs is 1. The molecule has 1 aromatic rings. The Morgan fingerprint density at radius 3 is 2.54 bits per heavy atom. The van der Waals surface area contributed by atoms with E-state index in [2.05, 4.69) is 64.3 Å². The molecule has 0 saturated carbocycles. The van der Waals surface area contributed by atoms with Gasteiger partial charge >= 0.3 is 0 Å². The first-order valence-electron chi connectivity index (χ1n) is 10.8. The monoisotopic (exact) mass is 360 g/mol. The Hall–Kier alpha value is -0.900. The maximum absolute atomic E-state index is 2.60. The van der Waals surface area contributed by atoms with Gasteiger partial charge in [0, 0.05) is 5.56 Å². The third-order valence-electron chi connectivity index (χ3n) is 6.79. The molecule has 1 aliphatic carbocycles. The predicted molar refractivity (Wildman–Crippen MR) is 109 cm³/mol. The first-order valence-corrected chi connectivity index (χ1v) is 10.8. The minimum absolute atomic E-state index is 0.219. The Bertz CT molecular complexity index is 621. The Labute approximate surface area is 160 Å². The minimum Gasteiger partial charge on any atom is -0.337 e. The van der Waals surface area contributed by atoms with E-state index in [4.69, 9.17) is 0 Å². The fraction of sp³-hybridized carbons (Fsp3) is 0.739. The van der Waals surface area contributed by atoms with Gasteiger partial charge in [-0.3, -0.25) is 0 Å². The maximum atomic E-state index is 2.60. The van der Waals surface area contributed by atoms with E-state index in [9.17, 15) is 0 Å². The number of hydrogen-bond acceptors (Lipinski definition) is 0. The van der Waals surface area contributed by atoms with Crippen LogP contribution in [0, 0.1) is 0 Å². The van der Waals surface area contributed by atoms with Gasteiger partial charge in [0.05, 0.1) is 0 Å². The van der Waals surface area contributed by atoms with Crippen LogP contribution in [0.4, 0.5) is 0 Å². The molecule has 1 aromatic carbocycles. The van der Waals surface area contributed by atoms with E-state index in [1.807, 2.05) is 0 Å². The average Bonchev–Trinajstić information content (AvgIpc) is 2.89. The van der Waals surface area contributed by atoms with E-state index in [1.165, 1.54) is 57.7 Å². The lowest BCUT2D eigenvalue weighted by Gasteiger charge is -2.27. The number of nitrogens with one attached hydrogen (secondary N) is 1. The van der Waals surface area contributed by atoms with Crippen molar-refractivity contribution in [2.45, 2.75) is 71.3 Å².